The molecule has 26 heavy (non-hydrogen) atoms. The first-order chi connectivity index (χ1) is 12.5. The Morgan fingerprint density at radius 1 is 1.31 bits per heavy atom. The van der Waals surface area contributed by atoms with E-state index >= 15 is 0 Å². The first-order valence-corrected chi connectivity index (χ1v) is 9.06. The predicted octanol–water partition coefficient (Wildman–Crippen LogP) is 3.60. The van der Waals surface area contributed by atoms with E-state index in [0.29, 0.717) is 35.9 Å². The zero-order valence-electron chi connectivity index (χ0n) is 14.0. The van der Waals surface area contributed by atoms with Crippen molar-refractivity contribution >= 4 is 27.3 Å². The normalized spacial score (nSPS) is 17.0. The van der Waals surface area contributed by atoms with Crippen LogP contribution in [0.5, 0.6) is 5.75 Å². The van der Waals surface area contributed by atoms with Crippen LogP contribution in [0.3, 0.4) is 0 Å². The highest BCUT2D eigenvalue weighted by Gasteiger charge is 2.29. The van der Waals surface area contributed by atoms with Crippen molar-refractivity contribution in [3.63, 3.8) is 0 Å². The lowest BCUT2D eigenvalue weighted by atomic mass is 10.2. The summed E-state index contributed by atoms with van der Waals surface area (Å²) in [5.41, 5.74) is -0.455. The predicted molar refractivity (Wildman–Crippen MR) is 96.4 cm³/mol. The maximum Gasteiger partial charge on any atom is 0.339 e. The van der Waals surface area contributed by atoms with Gasteiger partial charge < -0.3 is 14.1 Å². The number of amides is 1. The number of carbonyl (C=O) groups excluding carboxylic acids is 1. The van der Waals surface area contributed by atoms with E-state index in [1.807, 2.05) is 0 Å². The number of aryl methyl sites for hydroxylation is 1. The number of hydrogen-bond donors (Lipinski definition) is 0. The molecule has 0 N–H and O–H groups in total. The second-order valence-corrected chi connectivity index (χ2v) is 7.38. The average Bonchev–Trinajstić information content (AvgIpc) is 3.19. The van der Waals surface area contributed by atoms with Crippen LogP contribution in [-0.2, 0) is 0 Å². The fourth-order valence-corrected chi connectivity index (χ4v) is 4.13. The molecule has 0 aliphatic carbocycles. The van der Waals surface area contributed by atoms with Crippen LogP contribution in [0, 0.1) is 12.7 Å². The van der Waals surface area contributed by atoms with Crippen LogP contribution < -0.4 is 10.4 Å². The number of hydrogen-bond acceptors (Lipinski definition) is 5. The fraction of sp³-hybridized carbons (Fsp3) is 0.263. The number of benzene rings is 1. The van der Waals surface area contributed by atoms with Gasteiger partial charge in [0, 0.05) is 23.7 Å². The molecule has 7 heteroatoms. The van der Waals surface area contributed by atoms with E-state index in [0.717, 1.165) is 10.1 Å². The number of rotatable bonds is 3. The van der Waals surface area contributed by atoms with Crippen LogP contribution in [0.1, 0.15) is 21.9 Å². The first-order valence-electron chi connectivity index (χ1n) is 8.25. The molecule has 1 aliphatic heterocycles. The average molecular weight is 373 g/mol. The largest absolute Gasteiger partial charge is 0.488 e. The van der Waals surface area contributed by atoms with Gasteiger partial charge in [-0.3, -0.25) is 4.79 Å². The van der Waals surface area contributed by atoms with Crippen molar-refractivity contribution < 1.29 is 18.3 Å². The van der Waals surface area contributed by atoms with E-state index in [9.17, 15) is 14.0 Å². The molecule has 5 nitrogen and oxygen atoms in total. The molecule has 1 amide bonds. The lowest BCUT2D eigenvalue weighted by Gasteiger charge is -2.16. The van der Waals surface area contributed by atoms with Crippen LogP contribution in [0.2, 0.25) is 0 Å². The van der Waals surface area contributed by atoms with E-state index < -0.39 is 5.63 Å². The minimum atomic E-state index is -0.455. The van der Waals surface area contributed by atoms with E-state index in [2.05, 4.69) is 0 Å². The van der Waals surface area contributed by atoms with Crippen LogP contribution in [0.15, 0.2) is 45.6 Å². The van der Waals surface area contributed by atoms with Crippen molar-refractivity contribution in [1.29, 1.82) is 0 Å². The van der Waals surface area contributed by atoms with Gasteiger partial charge in [0.05, 0.1) is 17.5 Å². The molecular weight excluding hydrogens is 357 g/mol. The molecule has 3 heterocycles. The molecule has 1 aromatic carbocycles. The minimum absolute atomic E-state index is 0.0820. The van der Waals surface area contributed by atoms with Crippen molar-refractivity contribution in [2.45, 2.75) is 19.4 Å². The number of nitrogens with zero attached hydrogens (tertiary/aromatic N) is 1. The Morgan fingerprint density at radius 2 is 2.15 bits per heavy atom. The molecule has 1 unspecified atom stereocenters. The van der Waals surface area contributed by atoms with Crippen LogP contribution in [0.4, 0.5) is 4.39 Å². The van der Waals surface area contributed by atoms with Gasteiger partial charge in [-0.25, -0.2) is 9.18 Å². The number of ether oxygens (including phenoxy) is 1. The van der Waals surface area contributed by atoms with E-state index in [1.54, 1.807) is 30.0 Å². The van der Waals surface area contributed by atoms with Gasteiger partial charge in [0.2, 0.25) is 0 Å². The monoisotopic (exact) mass is 373 g/mol. The molecule has 1 fully saturated rings. The van der Waals surface area contributed by atoms with Crippen molar-refractivity contribution in [3.05, 3.63) is 63.3 Å². The molecule has 134 valence electrons. The highest BCUT2D eigenvalue weighted by molar-refractivity contribution is 7.20. The lowest BCUT2D eigenvalue weighted by Crippen LogP contribution is -2.30. The van der Waals surface area contributed by atoms with Gasteiger partial charge in [0.15, 0.2) is 0 Å². The number of halogens is 1. The topological polar surface area (TPSA) is 59.8 Å². The summed E-state index contributed by atoms with van der Waals surface area (Å²) in [6.07, 6.45) is 0.511. The SMILES string of the molecule is Cc1cc(OC2CCN(C(=O)c3cc4cc(F)ccc4s3)C2)cc(=O)o1. The molecule has 0 radical (unpaired) electrons. The molecule has 0 bridgehead atoms. The lowest BCUT2D eigenvalue weighted by molar-refractivity contribution is 0.0777. The highest BCUT2D eigenvalue weighted by atomic mass is 32.1. The smallest absolute Gasteiger partial charge is 0.339 e. The third-order valence-electron chi connectivity index (χ3n) is 4.29. The van der Waals surface area contributed by atoms with Crippen LogP contribution in [-0.4, -0.2) is 30.0 Å². The summed E-state index contributed by atoms with van der Waals surface area (Å²) < 4.78 is 24.9. The van der Waals surface area contributed by atoms with E-state index in [1.165, 1.54) is 29.5 Å². The van der Waals surface area contributed by atoms with Gasteiger partial charge in [0.1, 0.15) is 23.4 Å². The van der Waals surface area contributed by atoms with Gasteiger partial charge >= 0.3 is 5.63 Å². The van der Waals surface area contributed by atoms with Gasteiger partial charge in [-0.1, -0.05) is 0 Å². The van der Waals surface area contributed by atoms with Gasteiger partial charge in [0.25, 0.3) is 5.91 Å². The van der Waals surface area contributed by atoms with Crippen molar-refractivity contribution in [2.24, 2.45) is 0 Å². The van der Waals surface area contributed by atoms with Crippen LogP contribution >= 0.6 is 11.3 Å². The molecule has 0 saturated carbocycles. The molecule has 1 atom stereocenters. The fourth-order valence-electron chi connectivity index (χ4n) is 3.12. The summed E-state index contributed by atoms with van der Waals surface area (Å²) in [5, 5.41) is 0.733. The maximum atomic E-state index is 13.3. The number of likely N-dealkylation sites (tertiary alicyclic amines) is 1. The Balaban J connectivity index is 1.47. The maximum absolute atomic E-state index is 13.3. The highest BCUT2D eigenvalue weighted by Crippen LogP contribution is 2.28. The third kappa shape index (κ3) is 3.35. The molecule has 0 spiro atoms. The van der Waals surface area contributed by atoms with E-state index in [4.69, 9.17) is 9.15 Å². The van der Waals surface area contributed by atoms with Gasteiger partial charge in [-0.2, -0.15) is 0 Å². The van der Waals surface area contributed by atoms with E-state index in [-0.39, 0.29) is 17.8 Å². The van der Waals surface area contributed by atoms with Crippen molar-refractivity contribution in [2.75, 3.05) is 13.1 Å². The quantitative estimate of drug-likeness (QED) is 0.704. The Hall–Kier alpha value is -2.67. The van der Waals surface area contributed by atoms with Crippen LogP contribution in [0.25, 0.3) is 10.1 Å². The summed E-state index contributed by atoms with van der Waals surface area (Å²) in [6, 6.07) is 9.20. The summed E-state index contributed by atoms with van der Waals surface area (Å²) >= 11 is 1.36. The van der Waals surface area contributed by atoms with Gasteiger partial charge in [-0.05, 0) is 36.6 Å². The van der Waals surface area contributed by atoms with Crippen molar-refractivity contribution in [1.82, 2.24) is 4.90 Å². The summed E-state index contributed by atoms with van der Waals surface area (Å²) in [4.78, 5) is 26.5. The second kappa shape index (κ2) is 6.57. The Bertz CT molecular complexity index is 1040. The Labute approximate surface area is 152 Å². The third-order valence-corrected chi connectivity index (χ3v) is 5.40. The summed E-state index contributed by atoms with van der Waals surface area (Å²) in [6.45, 7) is 2.70. The zero-order chi connectivity index (χ0) is 18.3. The van der Waals surface area contributed by atoms with Crippen molar-refractivity contribution in [3.8, 4) is 5.75 Å². The standard InChI is InChI=1S/C19H16FNO4S/c1-11-6-15(9-18(22)24-11)25-14-4-5-21(10-14)19(23)17-8-12-7-13(20)2-3-16(12)26-17/h2-3,6-9,14H,4-5,10H2,1H3. The summed E-state index contributed by atoms with van der Waals surface area (Å²) in [7, 11) is 0. The molecule has 1 aliphatic rings. The minimum Gasteiger partial charge on any atom is -0.488 e. The number of thiophene rings is 1. The first kappa shape index (κ1) is 16.8. The molecule has 4 rings (SSSR count). The molecular formula is C19H16FNO4S. The molecule has 2 aromatic heterocycles. The number of carbonyl (C=O) groups is 1. The number of fused-ring (bicyclic) bond motifs is 1. The zero-order valence-corrected chi connectivity index (χ0v) is 14.8. The Kier molecular flexibility index (Phi) is 4.24. The van der Waals surface area contributed by atoms with Gasteiger partial charge in [-0.15, -0.1) is 11.3 Å². The molecule has 1 saturated heterocycles. The Morgan fingerprint density at radius 3 is 2.96 bits per heavy atom. The summed E-state index contributed by atoms with van der Waals surface area (Å²) in [5.74, 6) is 0.541. The molecule has 3 aromatic rings. The second-order valence-electron chi connectivity index (χ2n) is 6.30.